The van der Waals surface area contributed by atoms with E-state index in [4.69, 9.17) is 4.74 Å². The first-order valence-corrected chi connectivity index (χ1v) is 9.64. The minimum Gasteiger partial charge on any atom is -0.481 e. The molecule has 4 aromatic rings. The van der Waals surface area contributed by atoms with Crippen LogP contribution in [0, 0.1) is 0 Å². The van der Waals surface area contributed by atoms with E-state index >= 15 is 0 Å². The van der Waals surface area contributed by atoms with Crippen LogP contribution in [0.2, 0.25) is 0 Å². The molecular weight excluding hydrogens is 434 g/mol. The van der Waals surface area contributed by atoms with Crippen molar-refractivity contribution in [3.8, 4) is 5.88 Å². The number of ketones is 1. The first-order chi connectivity index (χ1) is 14.1. The fourth-order valence-corrected chi connectivity index (χ4v) is 3.52. The maximum absolute atomic E-state index is 13.1. The summed E-state index contributed by atoms with van der Waals surface area (Å²) in [7, 11) is 1.50. The summed E-state index contributed by atoms with van der Waals surface area (Å²) in [4.78, 5) is 34.6. The number of halogens is 1. The first-order valence-electron chi connectivity index (χ1n) is 8.85. The molecular formula is C22H16BrN3O3. The highest BCUT2D eigenvalue weighted by molar-refractivity contribution is 9.10. The maximum Gasteiger partial charge on any atom is 0.212 e. The Kier molecular flexibility index (Phi) is 5.22. The lowest BCUT2D eigenvalue weighted by Crippen LogP contribution is -2.20. The molecule has 3 aromatic heterocycles. The zero-order valence-electron chi connectivity index (χ0n) is 15.5. The number of ether oxygens (including phenoxy) is 1. The van der Waals surface area contributed by atoms with Crippen molar-refractivity contribution in [2.75, 3.05) is 7.11 Å². The van der Waals surface area contributed by atoms with Crippen LogP contribution < -0.4 is 10.2 Å². The minimum atomic E-state index is -0.383. The number of carbonyl (C=O) groups excluding carboxylic acids is 1. The zero-order chi connectivity index (χ0) is 20.4. The van der Waals surface area contributed by atoms with Crippen LogP contribution in [0.4, 0.5) is 0 Å². The van der Waals surface area contributed by atoms with E-state index in [1.807, 2.05) is 34.9 Å². The molecule has 0 saturated heterocycles. The van der Waals surface area contributed by atoms with E-state index in [2.05, 4.69) is 25.9 Å². The van der Waals surface area contributed by atoms with Gasteiger partial charge in [0.05, 0.1) is 30.4 Å². The van der Waals surface area contributed by atoms with Gasteiger partial charge in [-0.2, -0.15) is 0 Å². The van der Waals surface area contributed by atoms with Crippen LogP contribution in [0.15, 0.2) is 76.4 Å². The van der Waals surface area contributed by atoms with E-state index in [1.54, 1.807) is 30.5 Å². The van der Waals surface area contributed by atoms with Gasteiger partial charge < -0.3 is 9.30 Å². The van der Waals surface area contributed by atoms with E-state index in [0.29, 0.717) is 23.4 Å². The Hall–Kier alpha value is -3.32. The van der Waals surface area contributed by atoms with Crippen LogP contribution in [0.1, 0.15) is 21.6 Å². The lowest BCUT2D eigenvalue weighted by Gasteiger charge is -2.13. The third-order valence-electron chi connectivity index (χ3n) is 4.55. The number of hydrogen-bond donors (Lipinski definition) is 0. The molecule has 29 heavy (non-hydrogen) atoms. The Morgan fingerprint density at radius 2 is 1.93 bits per heavy atom. The number of methoxy groups -OCH3 is 1. The Morgan fingerprint density at radius 1 is 1.10 bits per heavy atom. The molecule has 0 aliphatic heterocycles. The summed E-state index contributed by atoms with van der Waals surface area (Å²) >= 11 is 3.38. The van der Waals surface area contributed by atoms with Crippen LogP contribution in [0.25, 0.3) is 10.9 Å². The Labute approximate surface area is 174 Å². The Balaban J connectivity index is 1.84. The molecule has 0 aliphatic carbocycles. The average molecular weight is 450 g/mol. The smallest absolute Gasteiger partial charge is 0.212 e. The van der Waals surface area contributed by atoms with Crippen molar-refractivity contribution in [2.45, 2.75) is 6.54 Å². The first kappa shape index (κ1) is 19.0. The predicted octanol–water partition coefficient (Wildman–Crippen LogP) is 3.84. The third kappa shape index (κ3) is 3.82. The van der Waals surface area contributed by atoms with E-state index in [9.17, 15) is 9.59 Å². The van der Waals surface area contributed by atoms with E-state index in [1.165, 1.54) is 13.3 Å². The normalized spacial score (nSPS) is 10.8. The van der Waals surface area contributed by atoms with Crippen molar-refractivity contribution in [3.63, 3.8) is 0 Å². The van der Waals surface area contributed by atoms with Gasteiger partial charge in [0.1, 0.15) is 4.60 Å². The van der Waals surface area contributed by atoms with Crippen molar-refractivity contribution in [1.29, 1.82) is 0 Å². The fourth-order valence-electron chi connectivity index (χ4n) is 3.14. The molecule has 0 amide bonds. The van der Waals surface area contributed by atoms with Gasteiger partial charge in [-0.05, 0) is 46.3 Å². The monoisotopic (exact) mass is 449 g/mol. The lowest BCUT2D eigenvalue weighted by atomic mass is 10.0. The highest BCUT2D eigenvalue weighted by Gasteiger charge is 2.18. The molecule has 0 bridgehead atoms. The van der Waals surface area contributed by atoms with Crippen molar-refractivity contribution < 1.29 is 9.53 Å². The second kappa shape index (κ2) is 7.97. The zero-order valence-corrected chi connectivity index (χ0v) is 17.1. The van der Waals surface area contributed by atoms with E-state index in [0.717, 1.165) is 15.8 Å². The molecule has 4 rings (SSSR count). The average Bonchev–Trinajstić information content (AvgIpc) is 2.75. The molecule has 0 radical (unpaired) electrons. The van der Waals surface area contributed by atoms with E-state index in [-0.39, 0.29) is 16.8 Å². The molecule has 0 fully saturated rings. The summed E-state index contributed by atoms with van der Waals surface area (Å²) in [5.41, 5.74) is 1.65. The van der Waals surface area contributed by atoms with Gasteiger partial charge >= 0.3 is 0 Å². The molecule has 0 aliphatic rings. The predicted molar refractivity (Wildman–Crippen MR) is 113 cm³/mol. The van der Waals surface area contributed by atoms with Crippen LogP contribution in [-0.4, -0.2) is 27.4 Å². The second-order valence-corrected chi connectivity index (χ2v) is 7.20. The van der Waals surface area contributed by atoms with E-state index < -0.39 is 0 Å². The largest absolute Gasteiger partial charge is 0.481 e. The number of carbonyl (C=O) groups is 1. The Bertz CT molecular complexity index is 1270. The minimum absolute atomic E-state index is 0.0886. The van der Waals surface area contributed by atoms with Gasteiger partial charge in [0.2, 0.25) is 11.3 Å². The van der Waals surface area contributed by atoms with Gasteiger partial charge in [-0.15, -0.1) is 0 Å². The molecule has 0 saturated carbocycles. The standard InChI is InChI=1S/C22H16BrN3O3/c1-29-20-10-9-14(11-24-20)21(27)17-13-26(12-15-5-4-8-19(23)25-15)18-7-3-2-6-16(18)22(17)28/h2-11,13H,12H2,1H3. The quantitative estimate of drug-likeness (QED) is 0.341. The van der Waals surface area contributed by atoms with Crippen molar-refractivity contribution in [2.24, 2.45) is 0 Å². The summed E-state index contributed by atoms with van der Waals surface area (Å²) in [5.74, 6) is 0.0186. The fraction of sp³-hybridized carbons (Fsp3) is 0.0909. The topological polar surface area (TPSA) is 74.1 Å². The van der Waals surface area contributed by atoms with Gasteiger partial charge in [0, 0.05) is 29.4 Å². The van der Waals surface area contributed by atoms with Crippen molar-refractivity contribution in [3.05, 3.63) is 98.6 Å². The summed E-state index contributed by atoms with van der Waals surface area (Å²) in [6, 6.07) is 16.1. The number of rotatable bonds is 5. The summed E-state index contributed by atoms with van der Waals surface area (Å²) in [6.07, 6.45) is 3.01. The van der Waals surface area contributed by atoms with Crippen LogP contribution in [-0.2, 0) is 6.54 Å². The molecule has 0 atom stereocenters. The van der Waals surface area contributed by atoms with Crippen molar-refractivity contribution >= 4 is 32.6 Å². The van der Waals surface area contributed by atoms with Crippen molar-refractivity contribution in [1.82, 2.24) is 14.5 Å². The molecule has 0 spiro atoms. The van der Waals surface area contributed by atoms with Gasteiger partial charge in [-0.1, -0.05) is 18.2 Å². The van der Waals surface area contributed by atoms with Gasteiger partial charge in [-0.25, -0.2) is 9.97 Å². The number of fused-ring (bicyclic) bond motifs is 1. The summed E-state index contributed by atoms with van der Waals surface area (Å²) in [6.45, 7) is 0.418. The van der Waals surface area contributed by atoms with Crippen LogP contribution in [0.5, 0.6) is 5.88 Å². The lowest BCUT2D eigenvalue weighted by molar-refractivity contribution is 0.103. The van der Waals surface area contributed by atoms with Gasteiger partial charge in [-0.3, -0.25) is 9.59 Å². The van der Waals surface area contributed by atoms with Gasteiger partial charge in [0.25, 0.3) is 0 Å². The summed E-state index contributed by atoms with van der Waals surface area (Å²) in [5, 5.41) is 0.481. The third-order valence-corrected chi connectivity index (χ3v) is 4.99. The molecule has 3 heterocycles. The Morgan fingerprint density at radius 3 is 2.66 bits per heavy atom. The van der Waals surface area contributed by atoms with Crippen LogP contribution in [0.3, 0.4) is 0 Å². The molecule has 0 N–H and O–H groups in total. The van der Waals surface area contributed by atoms with Gasteiger partial charge in [0.15, 0.2) is 5.78 Å². The maximum atomic E-state index is 13.1. The number of nitrogens with zero attached hydrogens (tertiary/aromatic N) is 3. The number of pyridine rings is 3. The molecule has 6 nitrogen and oxygen atoms in total. The molecule has 0 unspecified atom stereocenters. The summed E-state index contributed by atoms with van der Waals surface area (Å²) < 4.78 is 7.63. The number of benzene rings is 1. The molecule has 7 heteroatoms. The second-order valence-electron chi connectivity index (χ2n) is 6.39. The van der Waals surface area contributed by atoms with Crippen LogP contribution >= 0.6 is 15.9 Å². The highest BCUT2D eigenvalue weighted by Crippen LogP contribution is 2.17. The molecule has 144 valence electrons. The SMILES string of the molecule is COc1ccc(C(=O)c2cn(Cc3cccc(Br)n3)c3ccccc3c2=O)cn1. The number of para-hydroxylation sites is 1. The number of aromatic nitrogens is 3. The molecule has 1 aromatic carbocycles. The number of hydrogen-bond acceptors (Lipinski definition) is 5. The highest BCUT2D eigenvalue weighted by atomic mass is 79.9.